The van der Waals surface area contributed by atoms with Gasteiger partial charge in [-0.3, -0.25) is 9.48 Å². The number of rotatable bonds is 6. The third-order valence-electron chi connectivity index (χ3n) is 8.12. The van der Waals surface area contributed by atoms with Gasteiger partial charge in [-0.15, -0.1) is 11.3 Å². The highest BCUT2D eigenvalue weighted by Crippen LogP contribution is 2.38. The number of alkyl halides is 2. The summed E-state index contributed by atoms with van der Waals surface area (Å²) in [6, 6.07) is 4.34. The number of carbonyl (C=O) groups is 1. The predicted molar refractivity (Wildman–Crippen MR) is 136 cm³/mol. The molecule has 2 saturated heterocycles. The molecular weight excluding hydrogens is 484 g/mol. The Kier molecular flexibility index (Phi) is 6.19. The summed E-state index contributed by atoms with van der Waals surface area (Å²) >= 11 is 1.42. The van der Waals surface area contributed by atoms with Gasteiger partial charge in [0.05, 0.1) is 46.3 Å². The maximum absolute atomic E-state index is 13.9. The van der Waals surface area contributed by atoms with Crippen molar-refractivity contribution in [3.8, 4) is 0 Å². The van der Waals surface area contributed by atoms with E-state index >= 15 is 0 Å². The molecule has 1 aliphatic carbocycles. The van der Waals surface area contributed by atoms with Crippen LogP contribution in [0.4, 0.5) is 20.3 Å². The van der Waals surface area contributed by atoms with Gasteiger partial charge in [0.15, 0.2) is 5.69 Å². The molecule has 2 aliphatic heterocycles. The number of hydrogen-bond acceptors (Lipinski definition) is 6. The van der Waals surface area contributed by atoms with Crippen molar-refractivity contribution < 1.29 is 18.3 Å². The minimum absolute atomic E-state index is 0.0745. The number of morpholine rings is 1. The number of aromatic nitrogens is 3. The Morgan fingerprint density at radius 3 is 2.67 bits per heavy atom. The quantitative estimate of drug-likeness (QED) is 0.433. The van der Waals surface area contributed by atoms with Crippen molar-refractivity contribution in [3.05, 3.63) is 35.0 Å². The van der Waals surface area contributed by atoms with Crippen LogP contribution in [-0.2, 0) is 4.74 Å². The SMILES string of the molecule is CC(C)C1CCC(n2cc(NC(=O)c3csc4ccc(N5C[C@H]6CC5CO6)nc34)c(C(F)F)n2)CC1. The van der Waals surface area contributed by atoms with Gasteiger partial charge in [-0.25, -0.2) is 13.8 Å². The highest BCUT2D eigenvalue weighted by molar-refractivity contribution is 7.17. The lowest BCUT2D eigenvalue weighted by Gasteiger charge is -2.30. The second-order valence-corrected chi connectivity index (χ2v) is 11.5. The first-order valence-electron chi connectivity index (χ1n) is 12.8. The fraction of sp³-hybridized carbons (Fsp3) is 0.577. The van der Waals surface area contributed by atoms with E-state index in [-0.39, 0.29) is 23.5 Å². The second-order valence-electron chi connectivity index (χ2n) is 10.6. The van der Waals surface area contributed by atoms with E-state index in [1.54, 1.807) is 16.3 Å². The van der Waals surface area contributed by atoms with Gasteiger partial charge < -0.3 is 15.0 Å². The maximum atomic E-state index is 13.9. The van der Waals surface area contributed by atoms with Crippen LogP contribution in [0.25, 0.3) is 10.2 Å². The van der Waals surface area contributed by atoms with Crippen LogP contribution >= 0.6 is 11.3 Å². The van der Waals surface area contributed by atoms with Crippen LogP contribution < -0.4 is 10.2 Å². The normalized spacial score (nSPS) is 26.0. The molecular formula is C26H31F2N5O2S. The van der Waals surface area contributed by atoms with E-state index in [1.165, 1.54) is 11.3 Å². The number of halogens is 2. The Hall–Kier alpha value is -2.59. The van der Waals surface area contributed by atoms with E-state index in [0.29, 0.717) is 35.6 Å². The number of ether oxygens (including phenoxy) is 1. The van der Waals surface area contributed by atoms with Crippen LogP contribution in [0, 0.1) is 11.8 Å². The topological polar surface area (TPSA) is 72.3 Å². The molecule has 6 rings (SSSR count). The zero-order chi connectivity index (χ0) is 25.0. The van der Waals surface area contributed by atoms with Crippen LogP contribution in [0.2, 0.25) is 0 Å². The van der Waals surface area contributed by atoms with E-state index in [4.69, 9.17) is 9.72 Å². The summed E-state index contributed by atoms with van der Waals surface area (Å²) in [5.41, 5.74) is 0.681. The average Bonchev–Trinajstić information content (AvgIpc) is 3.66. The van der Waals surface area contributed by atoms with Crippen LogP contribution in [0.5, 0.6) is 0 Å². The summed E-state index contributed by atoms with van der Waals surface area (Å²) in [7, 11) is 0. The molecule has 2 atom stereocenters. The number of fused-ring (bicyclic) bond motifs is 3. The molecule has 5 heterocycles. The predicted octanol–water partition coefficient (Wildman–Crippen LogP) is 6.05. The molecule has 0 aromatic carbocycles. The summed E-state index contributed by atoms with van der Waals surface area (Å²) in [6.07, 6.45) is 3.98. The second kappa shape index (κ2) is 9.37. The highest BCUT2D eigenvalue weighted by Gasteiger charge is 2.39. The molecule has 3 aromatic heterocycles. The van der Waals surface area contributed by atoms with Gasteiger partial charge >= 0.3 is 0 Å². The summed E-state index contributed by atoms with van der Waals surface area (Å²) in [6.45, 7) is 5.96. The van der Waals surface area contributed by atoms with Crippen molar-refractivity contribution in [1.82, 2.24) is 14.8 Å². The van der Waals surface area contributed by atoms with E-state index < -0.39 is 12.3 Å². The van der Waals surface area contributed by atoms with E-state index in [1.807, 2.05) is 12.1 Å². The Morgan fingerprint density at radius 1 is 1.19 bits per heavy atom. The van der Waals surface area contributed by atoms with Gasteiger partial charge in [-0.2, -0.15) is 5.10 Å². The molecule has 10 heteroatoms. The van der Waals surface area contributed by atoms with Crippen molar-refractivity contribution in [2.45, 2.75) is 70.6 Å². The van der Waals surface area contributed by atoms with Gasteiger partial charge in [0.1, 0.15) is 5.82 Å². The summed E-state index contributed by atoms with van der Waals surface area (Å²) in [4.78, 5) is 20.3. The third-order valence-corrected chi connectivity index (χ3v) is 9.05. The van der Waals surface area contributed by atoms with Crippen LogP contribution in [0.3, 0.4) is 0 Å². The van der Waals surface area contributed by atoms with Crippen molar-refractivity contribution in [2.75, 3.05) is 23.4 Å². The van der Waals surface area contributed by atoms with Crippen molar-refractivity contribution in [3.63, 3.8) is 0 Å². The Morgan fingerprint density at radius 2 is 2.00 bits per heavy atom. The van der Waals surface area contributed by atoms with Crippen LogP contribution in [0.15, 0.2) is 23.7 Å². The first-order chi connectivity index (χ1) is 17.4. The monoisotopic (exact) mass is 515 g/mol. The van der Waals surface area contributed by atoms with Gasteiger partial charge in [0.25, 0.3) is 12.3 Å². The standard InChI is InChI=1S/C26H31F2N5O2S/c1-14(2)15-3-5-16(6-4-15)33-11-20(24(31-33)25(27)28)29-26(34)19-13-36-21-7-8-22(30-23(19)21)32-10-18-9-17(32)12-35-18/h7-8,11,13-18,25H,3-6,9-10,12H2,1-2H3,(H,29,34)/t15?,16?,17?,18-/m1/s1. The molecule has 2 bridgehead atoms. The molecule has 0 radical (unpaired) electrons. The number of hydrogen-bond donors (Lipinski definition) is 1. The molecule has 192 valence electrons. The highest BCUT2D eigenvalue weighted by atomic mass is 32.1. The largest absolute Gasteiger partial charge is 0.374 e. The Bertz CT molecular complexity index is 1270. The lowest BCUT2D eigenvalue weighted by Crippen LogP contribution is -2.37. The lowest BCUT2D eigenvalue weighted by atomic mass is 9.80. The zero-order valence-corrected chi connectivity index (χ0v) is 21.3. The minimum atomic E-state index is -2.77. The number of carbonyl (C=O) groups excluding carboxylic acids is 1. The van der Waals surface area contributed by atoms with E-state index in [9.17, 15) is 13.6 Å². The average molecular weight is 516 g/mol. The molecule has 0 spiro atoms. The molecule has 7 nitrogen and oxygen atoms in total. The van der Waals surface area contributed by atoms with Crippen LogP contribution in [0.1, 0.15) is 74.5 Å². The van der Waals surface area contributed by atoms with E-state index in [0.717, 1.165) is 49.2 Å². The maximum Gasteiger partial charge on any atom is 0.284 e. The molecule has 1 amide bonds. The number of nitrogens with one attached hydrogen (secondary N) is 1. The molecule has 1 saturated carbocycles. The number of nitrogens with zero attached hydrogens (tertiary/aromatic N) is 4. The smallest absolute Gasteiger partial charge is 0.284 e. The number of anilines is 2. The van der Waals surface area contributed by atoms with E-state index in [2.05, 4.69) is 29.2 Å². The van der Waals surface area contributed by atoms with Gasteiger partial charge in [-0.1, -0.05) is 13.8 Å². The van der Waals surface area contributed by atoms with Crippen LogP contribution in [-0.4, -0.2) is 46.0 Å². The summed E-state index contributed by atoms with van der Waals surface area (Å²) in [5, 5.41) is 8.67. The number of amides is 1. The van der Waals surface area contributed by atoms with Crippen molar-refractivity contribution in [2.24, 2.45) is 11.8 Å². The Balaban J connectivity index is 1.23. The number of thiophene rings is 1. The fourth-order valence-electron chi connectivity index (χ4n) is 5.98. The summed E-state index contributed by atoms with van der Waals surface area (Å²) < 4.78 is 36.0. The summed E-state index contributed by atoms with van der Waals surface area (Å²) in [5.74, 6) is 1.67. The van der Waals surface area contributed by atoms with Gasteiger partial charge in [0.2, 0.25) is 0 Å². The first-order valence-corrected chi connectivity index (χ1v) is 13.7. The Labute approximate surface area is 212 Å². The minimum Gasteiger partial charge on any atom is -0.374 e. The molecule has 36 heavy (non-hydrogen) atoms. The lowest BCUT2D eigenvalue weighted by molar-refractivity contribution is 0.0988. The number of pyridine rings is 1. The first kappa shape index (κ1) is 23.8. The van der Waals surface area contributed by atoms with Gasteiger partial charge in [-0.05, 0) is 56.1 Å². The van der Waals surface area contributed by atoms with Crippen molar-refractivity contribution >= 4 is 39.0 Å². The zero-order valence-electron chi connectivity index (χ0n) is 20.5. The third kappa shape index (κ3) is 4.28. The molecule has 1 unspecified atom stereocenters. The molecule has 3 fully saturated rings. The van der Waals surface area contributed by atoms with Crippen molar-refractivity contribution in [1.29, 1.82) is 0 Å². The molecule has 3 aliphatic rings. The fourth-order valence-corrected chi connectivity index (χ4v) is 6.85. The molecule has 1 N–H and O–H groups in total. The van der Waals surface area contributed by atoms with Gasteiger partial charge in [0, 0.05) is 18.1 Å². The molecule has 3 aromatic rings.